The molecule has 0 amide bonds. The molecule has 0 aliphatic heterocycles. The molecule has 6 heteroatoms. The van der Waals surface area contributed by atoms with Gasteiger partial charge in [-0.15, -0.1) is 5.10 Å². The van der Waals surface area contributed by atoms with Crippen LogP contribution in [0.5, 0.6) is 0 Å². The number of hydrogen-bond acceptors (Lipinski definition) is 4. The number of aromatic nitrogens is 4. The number of nitriles is 1. The Morgan fingerprint density at radius 3 is 2.74 bits per heavy atom. The van der Waals surface area contributed by atoms with Crippen LogP contribution >= 0.6 is 11.6 Å². The van der Waals surface area contributed by atoms with E-state index in [0.717, 1.165) is 47.8 Å². The molecule has 23 heavy (non-hydrogen) atoms. The molecule has 1 aliphatic carbocycles. The highest BCUT2D eigenvalue weighted by Crippen LogP contribution is 2.41. The van der Waals surface area contributed by atoms with Crippen LogP contribution in [0.3, 0.4) is 0 Å². The summed E-state index contributed by atoms with van der Waals surface area (Å²) in [7, 11) is 0. The van der Waals surface area contributed by atoms with Crippen molar-refractivity contribution >= 4 is 22.5 Å². The molecule has 1 aliphatic rings. The van der Waals surface area contributed by atoms with Gasteiger partial charge in [0.2, 0.25) is 0 Å². The molecule has 0 radical (unpaired) electrons. The van der Waals surface area contributed by atoms with Crippen LogP contribution in [-0.2, 0) is 5.41 Å². The normalized spacial score (nSPS) is 16.5. The zero-order valence-electron chi connectivity index (χ0n) is 12.4. The molecule has 0 N–H and O–H groups in total. The SMILES string of the molecule is N#CC1(c2ccc3cnn(-c4cnnc(Cl)c4)c3c2)CCCC1. The molecule has 1 fully saturated rings. The van der Waals surface area contributed by atoms with Gasteiger partial charge < -0.3 is 0 Å². The molecule has 0 bridgehead atoms. The quantitative estimate of drug-likeness (QED) is 0.719. The maximum atomic E-state index is 9.71. The van der Waals surface area contributed by atoms with Crippen LogP contribution < -0.4 is 0 Å². The fourth-order valence-corrected chi connectivity index (χ4v) is 3.57. The monoisotopic (exact) mass is 323 g/mol. The lowest BCUT2D eigenvalue weighted by molar-refractivity contribution is 0.573. The molecular formula is C17H14ClN5. The fraction of sp³-hybridized carbons (Fsp3) is 0.294. The molecule has 114 valence electrons. The largest absolute Gasteiger partial charge is 0.231 e. The molecule has 2 aromatic heterocycles. The van der Waals surface area contributed by atoms with Gasteiger partial charge in [-0.05, 0) is 24.5 Å². The van der Waals surface area contributed by atoms with Crippen LogP contribution in [-0.4, -0.2) is 20.0 Å². The molecular weight excluding hydrogens is 310 g/mol. The zero-order chi connectivity index (χ0) is 15.9. The summed E-state index contributed by atoms with van der Waals surface area (Å²) in [6, 6.07) is 10.4. The standard InChI is InChI=1S/C17H14ClN5/c18-16-8-14(10-20-22-16)23-15-7-13(4-3-12(15)9-21-23)17(11-19)5-1-2-6-17/h3-4,7-10H,1-2,5-6H2. The van der Waals surface area contributed by atoms with Gasteiger partial charge >= 0.3 is 0 Å². The van der Waals surface area contributed by atoms with Crippen molar-refractivity contribution in [2.24, 2.45) is 0 Å². The van der Waals surface area contributed by atoms with Gasteiger partial charge in [0.25, 0.3) is 0 Å². The van der Waals surface area contributed by atoms with E-state index in [2.05, 4.69) is 33.5 Å². The van der Waals surface area contributed by atoms with Crippen LogP contribution in [0.1, 0.15) is 31.2 Å². The van der Waals surface area contributed by atoms with E-state index >= 15 is 0 Å². The first-order valence-corrected chi connectivity index (χ1v) is 7.98. The van der Waals surface area contributed by atoms with Gasteiger partial charge in [-0.2, -0.15) is 15.5 Å². The van der Waals surface area contributed by atoms with Crippen molar-refractivity contribution in [3.05, 3.63) is 47.4 Å². The molecule has 5 nitrogen and oxygen atoms in total. The Bertz CT molecular complexity index is 918. The minimum absolute atomic E-state index is 0.326. The lowest BCUT2D eigenvalue weighted by Gasteiger charge is -2.20. The fourth-order valence-electron chi connectivity index (χ4n) is 3.41. The molecule has 0 saturated heterocycles. The highest BCUT2D eigenvalue weighted by molar-refractivity contribution is 6.29. The summed E-state index contributed by atoms with van der Waals surface area (Å²) in [5.74, 6) is 0. The van der Waals surface area contributed by atoms with E-state index in [9.17, 15) is 5.26 Å². The van der Waals surface area contributed by atoms with Gasteiger partial charge in [0.1, 0.15) is 0 Å². The first kappa shape index (κ1) is 14.2. The Balaban J connectivity index is 1.89. The zero-order valence-corrected chi connectivity index (χ0v) is 13.2. The Labute approximate surface area is 138 Å². The maximum Gasteiger partial charge on any atom is 0.153 e. The van der Waals surface area contributed by atoms with Gasteiger partial charge in [0, 0.05) is 11.5 Å². The van der Waals surface area contributed by atoms with Gasteiger partial charge in [0.15, 0.2) is 5.15 Å². The molecule has 1 aromatic carbocycles. The molecule has 0 unspecified atom stereocenters. The molecule has 0 spiro atoms. The van der Waals surface area contributed by atoms with Gasteiger partial charge in [-0.3, -0.25) is 0 Å². The number of rotatable bonds is 2. The number of hydrogen-bond donors (Lipinski definition) is 0. The lowest BCUT2D eigenvalue weighted by Crippen LogP contribution is -2.19. The van der Waals surface area contributed by atoms with Gasteiger partial charge in [-0.1, -0.05) is 36.6 Å². The Morgan fingerprint density at radius 1 is 1.17 bits per heavy atom. The van der Waals surface area contributed by atoms with Crippen LogP contribution in [0.2, 0.25) is 5.15 Å². The highest BCUT2D eigenvalue weighted by Gasteiger charge is 2.36. The van der Waals surface area contributed by atoms with Crippen LogP contribution in [0.25, 0.3) is 16.6 Å². The van der Waals surface area contributed by atoms with Crippen LogP contribution in [0.4, 0.5) is 0 Å². The van der Waals surface area contributed by atoms with Gasteiger partial charge in [-0.25, -0.2) is 4.68 Å². The van der Waals surface area contributed by atoms with E-state index in [0.29, 0.717) is 5.15 Å². The minimum Gasteiger partial charge on any atom is -0.231 e. The summed E-state index contributed by atoms with van der Waals surface area (Å²) in [4.78, 5) is 0. The summed E-state index contributed by atoms with van der Waals surface area (Å²) >= 11 is 5.93. The van der Waals surface area contributed by atoms with Crippen LogP contribution in [0.15, 0.2) is 36.7 Å². The number of nitrogens with zero attached hydrogens (tertiary/aromatic N) is 5. The molecule has 1 saturated carbocycles. The number of benzene rings is 1. The van der Waals surface area contributed by atoms with E-state index in [-0.39, 0.29) is 5.41 Å². The van der Waals surface area contributed by atoms with Crippen molar-refractivity contribution < 1.29 is 0 Å². The van der Waals surface area contributed by atoms with Crippen molar-refractivity contribution in [1.29, 1.82) is 5.26 Å². The second-order valence-electron chi connectivity index (χ2n) is 5.97. The third-order valence-electron chi connectivity index (χ3n) is 4.65. The van der Waals surface area contributed by atoms with Crippen molar-refractivity contribution in [2.75, 3.05) is 0 Å². The van der Waals surface area contributed by atoms with Gasteiger partial charge in [0.05, 0.1) is 35.1 Å². The Morgan fingerprint density at radius 2 is 2.00 bits per heavy atom. The van der Waals surface area contributed by atoms with Crippen molar-refractivity contribution in [1.82, 2.24) is 20.0 Å². The predicted molar refractivity (Wildman–Crippen MR) is 87.4 cm³/mol. The Kier molecular flexibility index (Phi) is 3.28. The summed E-state index contributed by atoms with van der Waals surface area (Å²) in [6.07, 6.45) is 7.49. The highest BCUT2D eigenvalue weighted by atomic mass is 35.5. The first-order valence-electron chi connectivity index (χ1n) is 7.60. The lowest BCUT2D eigenvalue weighted by atomic mass is 9.80. The number of halogens is 1. The van der Waals surface area contributed by atoms with E-state index in [1.165, 1.54) is 0 Å². The third kappa shape index (κ3) is 2.27. The van der Waals surface area contributed by atoms with E-state index in [1.807, 2.05) is 6.07 Å². The average Bonchev–Trinajstić information content (AvgIpc) is 3.22. The second-order valence-corrected chi connectivity index (χ2v) is 6.35. The summed E-state index contributed by atoms with van der Waals surface area (Å²) in [5.41, 5.74) is 2.42. The van der Waals surface area contributed by atoms with E-state index in [1.54, 1.807) is 23.1 Å². The van der Waals surface area contributed by atoms with Crippen molar-refractivity contribution in [3.63, 3.8) is 0 Å². The third-order valence-corrected chi connectivity index (χ3v) is 4.83. The second kappa shape index (κ2) is 5.32. The Hall–Kier alpha value is -2.45. The average molecular weight is 324 g/mol. The topological polar surface area (TPSA) is 67.4 Å². The maximum absolute atomic E-state index is 9.71. The smallest absolute Gasteiger partial charge is 0.153 e. The number of fused-ring (bicyclic) bond motifs is 1. The van der Waals surface area contributed by atoms with Crippen LogP contribution in [0, 0.1) is 11.3 Å². The van der Waals surface area contributed by atoms with E-state index < -0.39 is 0 Å². The predicted octanol–water partition coefficient (Wildman–Crippen LogP) is 3.80. The first-order chi connectivity index (χ1) is 11.2. The summed E-state index contributed by atoms with van der Waals surface area (Å²) in [5, 5.41) is 23.1. The molecule has 4 rings (SSSR count). The van der Waals surface area contributed by atoms with Crippen molar-refractivity contribution in [2.45, 2.75) is 31.1 Å². The molecule has 2 heterocycles. The summed E-state index contributed by atoms with van der Waals surface area (Å²) < 4.78 is 1.79. The summed E-state index contributed by atoms with van der Waals surface area (Å²) in [6.45, 7) is 0. The minimum atomic E-state index is -0.364. The van der Waals surface area contributed by atoms with E-state index in [4.69, 9.17) is 11.6 Å². The molecule has 0 atom stereocenters. The van der Waals surface area contributed by atoms with Crippen molar-refractivity contribution in [3.8, 4) is 11.8 Å². The molecule has 3 aromatic rings.